The molecule has 2 heterocycles. The molecular weight excluding hydrogens is 444 g/mol. The van der Waals surface area contributed by atoms with Crippen molar-refractivity contribution >= 4 is 23.6 Å². The van der Waals surface area contributed by atoms with Gasteiger partial charge in [-0.05, 0) is 80.4 Å². The molecule has 3 N–H and O–H groups in total. The molecule has 0 radical (unpaired) electrons. The second kappa shape index (κ2) is 11.0. The van der Waals surface area contributed by atoms with Gasteiger partial charge in [-0.3, -0.25) is 9.59 Å². The normalized spacial score (nSPS) is 21.1. The molecule has 0 spiro atoms. The number of hydrogen-bond acceptors (Lipinski definition) is 6. The second-order valence-electron chi connectivity index (χ2n) is 8.32. The molecule has 6 nitrogen and oxygen atoms in total. The lowest BCUT2D eigenvalue weighted by molar-refractivity contribution is 0.179. The van der Waals surface area contributed by atoms with Crippen LogP contribution < -0.4 is 10.6 Å². The molecule has 4 rings (SSSR count). The van der Waals surface area contributed by atoms with Gasteiger partial charge in [-0.2, -0.15) is 0 Å². The van der Waals surface area contributed by atoms with Crippen LogP contribution >= 0.6 is 12.0 Å². The van der Waals surface area contributed by atoms with Crippen LogP contribution in [0.3, 0.4) is 0 Å². The highest BCUT2D eigenvalue weighted by Crippen LogP contribution is 2.24. The molecule has 0 saturated carbocycles. The third-order valence-electron chi connectivity index (χ3n) is 6.00. The topological polar surface area (TPSA) is 63.6 Å². The molecule has 1 atom stereocenters. The smallest absolute Gasteiger partial charge is 0.134 e. The zero-order valence-electron chi connectivity index (χ0n) is 18.6. The fourth-order valence-electron chi connectivity index (χ4n) is 4.02. The molecule has 2 aromatic rings. The second-order valence-corrected chi connectivity index (χ2v) is 9.08. The monoisotopic (exact) mass is 473 g/mol. The van der Waals surface area contributed by atoms with Crippen molar-refractivity contribution in [3.63, 3.8) is 0 Å². The average molecular weight is 474 g/mol. The maximum atomic E-state index is 13.4. The highest BCUT2D eigenvalue weighted by Gasteiger charge is 2.28. The molecular formula is C24H29F2N5OS. The van der Waals surface area contributed by atoms with Gasteiger partial charge in [0.25, 0.3) is 0 Å². The van der Waals surface area contributed by atoms with Gasteiger partial charge in [0.05, 0.1) is 5.75 Å². The predicted molar refractivity (Wildman–Crippen MR) is 129 cm³/mol. The molecule has 2 aliphatic heterocycles. The number of rotatable bonds is 7. The van der Waals surface area contributed by atoms with Crippen molar-refractivity contribution in [2.45, 2.75) is 25.4 Å². The molecule has 2 saturated heterocycles. The van der Waals surface area contributed by atoms with E-state index < -0.39 is 0 Å². The van der Waals surface area contributed by atoms with E-state index in [1.807, 2.05) is 4.90 Å². The molecule has 176 valence electrons. The average Bonchev–Trinajstić information content (AvgIpc) is 3.13. The minimum absolute atomic E-state index is 0.284. The zero-order valence-corrected chi connectivity index (χ0v) is 19.4. The number of nitrogens with one attached hydrogen (secondary N) is 3. The molecule has 0 amide bonds. The summed E-state index contributed by atoms with van der Waals surface area (Å²) in [5.74, 6) is 0.936. The Kier molecular flexibility index (Phi) is 7.85. The van der Waals surface area contributed by atoms with E-state index in [4.69, 9.17) is 9.59 Å². The van der Waals surface area contributed by atoms with Crippen LogP contribution in [0.4, 0.5) is 14.5 Å². The van der Waals surface area contributed by atoms with Crippen LogP contribution in [-0.2, 0) is 10.7 Å². The van der Waals surface area contributed by atoms with Gasteiger partial charge in [0.2, 0.25) is 0 Å². The van der Waals surface area contributed by atoms with E-state index in [1.165, 1.54) is 36.3 Å². The molecule has 1 unspecified atom stereocenters. The Balaban J connectivity index is 1.59. The van der Waals surface area contributed by atoms with Gasteiger partial charge < -0.3 is 20.4 Å². The number of likely N-dealkylation sites (tertiary alicyclic amines) is 1. The minimum Gasteiger partial charge on any atom is -0.367 e. The van der Waals surface area contributed by atoms with Crippen molar-refractivity contribution in [2.75, 3.05) is 37.9 Å². The maximum absolute atomic E-state index is 13.4. The SMILES string of the molecule is CN1CCCC1CN1COSC/C(=C(/NCc2ccc(F)cc2)Nc2ccc(F)cc2)C1=N. The highest BCUT2D eigenvalue weighted by atomic mass is 32.2. The molecule has 0 aromatic heterocycles. The molecule has 33 heavy (non-hydrogen) atoms. The Morgan fingerprint density at radius 3 is 2.48 bits per heavy atom. The summed E-state index contributed by atoms with van der Waals surface area (Å²) in [6.45, 7) is 2.58. The van der Waals surface area contributed by atoms with Crippen molar-refractivity contribution in [2.24, 2.45) is 0 Å². The molecule has 2 fully saturated rings. The first-order valence-electron chi connectivity index (χ1n) is 11.0. The molecule has 0 bridgehead atoms. The lowest BCUT2D eigenvalue weighted by Crippen LogP contribution is -2.43. The van der Waals surface area contributed by atoms with E-state index in [1.54, 1.807) is 24.3 Å². The van der Waals surface area contributed by atoms with Crippen LogP contribution in [0.5, 0.6) is 0 Å². The summed E-state index contributed by atoms with van der Waals surface area (Å²) in [4.78, 5) is 4.30. The molecule has 9 heteroatoms. The van der Waals surface area contributed by atoms with Crippen LogP contribution in [0, 0.1) is 17.0 Å². The first-order chi connectivity index (χ1) is 16.0. The van der Waals surface area contributed by atoms with Gasteiger partial charge in [0, 0.05) is 30.4 Å². The van der Waals surface area contributed by atoms with E-state index >= 15 is 0 Å². The van der Waals surface area contributed by atoms with Crippen LogP contribution in [-0.4, -0.2) is 54.3 Å². The molecule has 2 aromatic carbocycles. The highest BCUT2D eigenvalue weighted by molar-refractivity contribution is 7.94. The van der Waals surface area contributed by atoms with Crippen LogP contribution in [0.15, 0.2) is 59.9 Å². The lowest BCUT2D eigenvalue weighted by atomic mass is 10.1. The summed E-state index contributed by atoms with van der Waals surface area (Å²) < 4.78 is 32.5. The quantitative estimate of drug-likeness (QED) is 0.519. The van der Waals surface area contributed by atoms with Crippen molar-refractivity contribution in [3.05, 3.63) is 77.1 Å². The number of halogens is 2. The third kappa shape index (κ3) is 6.25. The Morgan fingerprint density at radius 1 is 1.12 bits per heavy atom. The lowest BCUT2D eigenvalue weighted by Gasteiger charge is -2.30. The van der Waals surface area contributed by atoms with E-state index in [0.29, 0.717) is 42.4 Å². The van der Waals surface area contributed by atoms with Gasteiger partial charge in [0.1, 0.15) is 30.0 Å². The van der Waals surface area contributed by atoms with E-state index in [9.17, 15) is 8.78 Å². The Labute approximate surface area is 197 Å². The third-order valence-corrected chi connectivity index (χ3v) is 6.68. The Morgan fingerprint density at radius 2 is 1.82 bits per heavy atom. The fraction of sp³-hybridized carbons (Fsp3) is 0.375. The summed E-state index contributed by atoms with van der Waals surface area (Å²) in [6, 6.07) is 12.8. The molecule has 0 aliphatic carbocycles. The van der Waals surface area contributed by atoms with Gasteiger partial charge in [-0.25, -0.2) is 8.78 Å². The molecule has 2 aliphatic rings. The first-order valence-corrected chi connectivity index (χ1v) is 11.9. The van der Waals surface area contributed by atoms with Crippen molar-refractivity contribution < 1.29 is 13.0 Å². The van der Waals surface area contributed by atoms with Crippen molar-refractivity contribution in [1.82, 2.24) is 15.1 Å². The summed E-state index contributed by atoms with van der Waals surface area (Å²) in [5.41, 5.74) is 2.38. The fourth-order valence-corrected chi connectivity index (χ4v) is 4.70. The van der Waals surface area contributed by atoms with Crippen LogP contribution in [0.25, 0.3) is 0 Å². The van der Waals surface area contributed by atoms with Crippen LogP contribution in [0.1, 0.15) is 18.4 Å². The first kappa shape index (κ1) is 23.5. The number of likely N-dealkylation sites (N-methyl/N-ethyl adjacent to an activating group) is 1. The Bertz CT molecular complexity index is 983. The van der Waals surface area contributed by atoms with Gasteiger partial charge in [0.15, 0.2) is 0 Å². The summed E-state index contributed by atoms with van der Waals surface area (Å²) in [6.07, 6.45) is 2.27. The predicted octanol–water partition coefficient (Wildman–Crippen LogP) is 4.39. The zero-order chi connectivity index (χ0) is 23.2. The van der Waals surface area contributed by atoms with Crippen LogP contribution in [0.2, 0.25) is 0 Å². The van der Waals surface area contributed by atoms with Crippen molar-refractivity contribution in [1.29, 1.82) is 5.41 Å². The number of amidine groups is 1. The van der Waals surface area contributed by atoms with Gasteiger partial charge in [-0.15, -0.1) is 0 Å². The number of nitrogens with zero attached hydrogens (tertiary/aromatic N) is 2. The van der Waals surface area contributed by atoms with E-state index in [-0.39, 0.29) is 11.6 Å². The number of hydrogen-bond donors (Lipinski definition) is 3. The standard InChI is InChI=1S/C24H29F2N5OS/c1-30-12-2-3-21(30)14-31-16-32-33-15-22(23(31)27)24(29-20-10-8-19(26)9-11-20)28-13-17-4-6-18(25)7-5-17/h4-11,21,27-29H,2-3,12-16H2,1H3/b24-22+,27-23?. The number of benzene rings is 2. The van der Waals surface area contributed by atoms with Crippen molar-refractivity contribution in [3.8, 4) is 0 Å². The minimum atomic E-state index is -0.313. The maximum Gasteiger partial charge on any atom is 0.134 e. The Hall–Kier alpha value is -2.62. The largest absolute Gasteiger partial charge is 0.367 e. The summed E-state index contributed by atoms with van der Waals surface area (Å²) >= 11 is 1.31. The van der Waals surface area contributed by atoms with E-state index in [2.05, 4.69) is 22.6 Å². The van der Waals surface area contributed by atoms with Gasteiger partial charge in [-0.1, -0.05) is 12.1 Å². The summed E-state index contributed by atoms with van der Waals surface area (Å²) in [7, 11) is 2.12. The van der Waals surface area contributed by atoms with Gasteiger partial charge >= 0.3 is 0 Å². The van der Waals surface area contributed by atoms with E-state index in [0.717, 1.165) is 37.1 Å². The summed E-state index contributed by atoms with van der Waals surface area (Å²) in [5, 5.41) is 15.7. The number of anilines is 1.